The van der Waals surface area contributed by atoms with E-state index in [1.54, 1.807) is 12.1 Å². The van der Waals surface area contributed by atoms with Gasteiger partial charge < -0.3 is 11.1 Å². The van der Waals surface area contributed by atoms with Crippen molar-refractivity contribution in [3.63, 3.8) is 0 Å². The minimum atomic E-state index is -0.0498. The third-order valence-corrected chi connectivity index (χ3v) is 3.92. The molecule has 0 bridgehead atoms. The van der Waals surface area contributed by atoms with Gasteiger partial charge in [-0.25, -0.2) is 0 Å². The molecule has 3 N–H and O–H groups in total. The zero-order valence-corrected chi connectivity index (χ0v) is 12.2. The summed E-state index contributed by atoms with van der Waals surface area (Å²) >= 11 is 0. The minimum absolute atomic E-state index is 0. The maximum absolute atomic E-state index is 12.1. The lowest BCUT2D eigenvalue weighted by Crippen LogP contribution is -2.39. The number of carbonyl (C=O) groups is 1. The van der Waals surface area contributed by atoms with Crippen LogP contribution in [0.25, 0.3) is 0 Å². The van der Waals surface area contributed by atoms with Gasteiger partial charge in [0.15, 0.2) is 0 Å². The molecule has 0 saturated heterocycles. The summed E-state index contributed by atoms with van der Waals surface area (Å²) in [4.78, 5) is 12.1. The standard InChI is InChI=1S/C15H22N2O.ClH/c1-11(12-7-3-2-4-8-12)17-15(18)13-9-5-6-10-14(13)16;/h5-6,9-12H,2-4,7-8,16H2,1H3,(H,17,18);1H. The normalized spacial score (nSPS) is 17.3. The summed E-state index contributed by atoms with van der Waals surface area (Å²) in [5.74, 6) is 0.568. The van der Waals surface area contributed by atoms with Gasteiger partial charge in [0, 0.05) is 11.7 Å². The number of nitrogens with one attached hydrogen (secondary N) is 1. The van der Waals surface area contributed by atoms with Crippen molar-refractivity contribution in [2.75, 3.05) is 5.73 Å². The molecular formula is C15H23ClN2O. The second-order valence-electron chi connectivity index (χ2n) is 5.25. The first-order valence-corrected chi connectivity index (χ1v) is 6.84. The third kappa shape index (κ3) is 4.13. The molecule has 1 aromatic rings. The zero-order valence-electron chi connectivity index (χ0n) is 11.4. The molecule has 1 fully saturated rings. The van der Waals surface area contributed by atoms with E-state index in [9.17, 15) is 4.79 Å². The quantitative estimate of drug-likeness (QED) is 0.835. The molecule has 1 saturated carbocycles. The molecular weight excluding hydrogens is 260 g/mol. The number of hydrogen-bond acceptors (Lipinski definition) is 2. The second-order valence-corrected chi connectivity index (χ2v) is 5.25. The van der Waals surface area contributed by atoms with E-state index in [1.165, 1.54) is 32.1 Å². The Morgan fingerprint density at radius 1 is 1.26 bits per heavy atom. The average Bonchev–Trinajstić information content (AvgIpc) is 2.40. The van der Waals surface area contributed by atoms with E-state index < -0.39 is 0 Å². The van der Waals surface area contributed by atoms with Crippen molar-refractivity contribution >= 4 is 24.0 Å². The van der Waals surface area contributed by atoms with E-state index in [0.29, 0.717) is 17.2 Å². The number of hydrogen-bond donors (Lipinski definition) is 2. The maximum Gasteiger partial charge on any atom is 0.253 e. The molecule has 106 valence electrons. The van der Waals surface area contributed by atoms with Gasteiger partial charge in [-0.2, -0.15) is 0 Å². The Morgan fingerprint density at radius 3 is 2.53 bits per heavy atom. The summed E-state index contributed by atoms with van der Waals surface area (Å²) in [6.45, 7) is 2.10. The van der Waals surface area contributed by atoms with Gasteiger partial charge in [0.05, 0.1) is 5.56 Å². The predicted molar refractivity (Wildman–Crippen MR) is 81.6 cm³/mol. The average molecular weight is 283 g/mol. The molecule has 3 nitrogen and oxygen atoms in total. The summed E-state index contributed by atoms with van der Waals surface area (Å²) in [6.07, 6.45) is 6.37. The monoisotopic (exact) mass is 282 g/mol. The van der Waals surface area contributed by atoms with Crippen LogP contribution in [0.2, 0.25) is 0 Å². The summed E-state index contributed by atoms with van der Waals surface area (Å²) in [5, 5.41) is 3.09. The molecule has 1 aliphatic carbocycles. The fourth-order valence-corrected chi connectivity index (χ4v) is 2.74. The Balaban J connectivity index is 0.00000180. The van der Waals surface area contributed by atoms with Crippen molar-refractivity contribution in [1.82, 2.24) is 5.32 Å². The fraction of sp³-hybridized carbons (Fsp3) is 0.533. The Morgan fingerprint density at radius 2 is 1.89 bits per heavy atom. The van der Waals surface area contributed by atoms with Gasteiger partial charge in [-0.05, 0) is 37.8 Å². The SMILES string of the molecule is CC(NC(=O)c1ccccc1N)C1CCCCC1.Cl. The van der Waals surface area contributed by atoms with Crippen molar-refractivity contribution in [2.45, 2.75) is 45.1 Å². The number of nitrogens with two attached hydrogens (primary N) is 1. The van der Waals surface area contributed by atoms with Crippen LogP contribution < -0.4 is 11.1 Å². The number of para-hydroxylation sites is 1. The highest BCUT2D eigenvalue weighted by atomic mass is 35.5. The zero-order chi connectivity index (χ0) is 13.0. The van der Waals surface area contributed by atoms with E-state index in [2.05, 4.69) is 12.2 Å². The van der Waals surface area contributed by atoms with E-state index >= 15 is 0 Å². The minimum Gasteiger partial charge on any atom is -0.398 e. The number of anilines is 1. The molecule has 4 heteroatoms. The van der Waals surface area contributed by atoms with Crippen molar-refractivity contribution < 1.29 is 4.79 Å². The first-order valence-electron chi connectivity index (χ1n) is 6.84. The summed E-state index contributed by atoms with van der Waals surface area (Å²) in [7, 11) is 0. The molecule has 0 radical (unpaired) electrons. The third-order valence-electron chi connectivity index (χ3n) is 3.92. The lowest BCUT2D eigenvalue weighted by molar-refractivity contribution is 0.0920. The molecule has 19 heavy (non-hydrogen) atoms. The first kappa shape index (κ1) is 15.8. The van der Waals surface area contributed by atoms with Gasteiger partial charge in [-0.15, -0.1) is 12.4 Å². The number of amides is 1. The van der Waals surface area contributed by atoms with Crippen LogP contribution in [0.1, 0.15) is 49.4 Å². The molecule has 1 unspecified atom stereocenters. The largest absolute Gasteiger partial charge is 0.398 e. The van der Waals surface area contributed by atoms with E-state index in [4.69, 9.17) is 5.73 Å². The van der Waals surface area contributed by atoms with Crippen molar-refractivity contribution in [3.05, 3.63) is 29.8 Å². The van der Waals surface area contributed by atoms with Crippen molar-refractivity contribution in [1.29, 1.82) is 0 Å². The van der Waals surface area contributed by atoms with Gasteiger partial charge in [-0.3, -0.25) is 4.79 Å². The van der Waals surface area contributed by atoms with E-state index in [-0.39, 0.29) is 24.4 Å². The summed E-state index contributed by atoms with van der Waals surface area (Å²) < 4.78 is 0. The van der Waals surface area contributed by atoms with Crippen LogP contribution >= 0.6 is 12.4 Å². The topological polar surface area (TPSA) is 55.1 Å². The predicted octanol–water partition coefficient (Wildman–Crippen LogP) is 3.39. The van der Waals surface area contributed by atoms with Crippen LogP contribution in [0.3, 0.4) is 0 Å². The number of nitrogen functional groups attached to an aromatic ring is 1. The van der Waals surface area contributed by atoms with Gasteiger partial charge in [0.2, 0.25) is 0 Å². The highest BCUT2D eigenvalue weighted by Gasteiger charge is 2.22. The molecule has 1 aromatic carbocycles. The molecule has 0 heterocycles. The van der Waals surface area contributed by atoms with E-state index in [1.807, 2.05) is 12.1 Å². The van der Waals surface area contributed by atoms with Gasteiger partial charge in [-0.1, -0.05) is 31.4 Å². The molecule has 0 spiro atoms. The Kier molecular flexibility index (Phi) is 6.16. The number of carbonyl (C=O) groups excluding carboxylic acids is 1. The highest BCUT2D eigenvalue weighted by Crippen LogP contribution is 2.26. The van der Waals surface area contributed by atoms with Crippen LogP contribution in [0.5, 0.6) is 0 Å². The van der Waals surface area contributed by atoms with Gasteiger partial charge in [0.1, 0.15) is 0 Å². The van der Waals surface area contributed by atoms with Crippen LogP contribution in [-0.2, 0) is 0 Å². The van der Waals surface area contributed by atoms with Crippen LogP contribution in [0.4, 0.5) is 5.69 Å². The summed E-state index contributed by atoms with van der Waals surface area (Å²) in [6, 6.07) is 7.46. The molecule has 2 rings (SSSR count). The molecule has 1 amide bonds. The highest BCUT2D eigenvalue weighted by molar-refractivity contribution is 5.99. The molecule has 0 aromatic heterocycles. The number of rotatable bonds is 3. The van der Waals surface area contributed by atoms with Gasteiger partial charge >= 0.3 is 0 Å². The smallest absolute Gasteiger partial charge is 0.253 e. The lowest BCUT2D eigenvalue weighted by Gasteiger charge is -2.28. The number of halogens is 1. The summed E-state index contributed by atoms with van der Waals surface area (Å²) in [5.41, 5.74) is 6.95. The fourth-order valence-electron chi connectivity index (χ4n) is 2.74. The maximum atomic E-state index is 12.1. The molecule has 1 atom stereocenters. The molecule has 1 aliphatic rings. The second kappa shape index (κ2) is 7.39. The molecule has 0 aliphatic heterocycles. The van der Waals surface area contributed by atoms with Crippen molar-refractivity contribution in [3.8, 4) is 0 Å². The lowest BCUT2D eigenvalue weighted by atomic mass is 9.84. The van der Waals surface area contributed by atoms with Crippen LogP contribution in [0, 0.1) is 5.92 Å². The van der Waals surface area contributed by atoms with Crippen LogP contribution in [-0.4, -0.2) is 11.9 Å². The van der Waals surface area contributed by atoms with Crippen LogP contribution in [0.15, 0.2) is 24.3 Å². The first-order chi connectivity index (χ1) is 8.68. The van der Waals surface area contributed by atoms with E-state index in [0.717, 1.165) is 0 Å². The van der Waals surface area contributed by atoms with Gasteiger partial charge in [0.25, 0.3) is 5.91 Å². The Labute approximate surface area is 121 Å². The van der Waals surface area contributed by atoms with Crippen molar-refractivity contribution in [2.24, 2.45) is 5.92 Å². The Bertz CT molecular complexity index is 416. The number of benzene rings is 1. The Hall–Kier alpha value is -1.22.